The third-order valence-corrected chi connectivity index (χ3v) is 9.57. The Kier molecular flexibility index (Phi) is 10.4. The van der Waals surface area contributed by atoms with E-state index in [0.717, 1.165) is 49.7 Å². The Morgan fingerprint density at radius 1 is 0.792 bits per heavy atom. The van der Waals surface area contributed by atoms with Crippen molar-refractivity contribution in [1.82, 2.24) is 4.90 Å². The molecule has 48 heavy (non-hydrogen) atoms. The number of ketones is 1. The van der Waals surface area contributed by atoms with Gasteiger partial charge in [-0.05, 0) is 112 Å². The van der Waals surface area contributed by atoms with E-state index >= 15 is 0 Å². The zero-order chi connectivity index (χ0) is 33.6. The Balaban J connectivity index is 1.04. The minimum Gasteiger partial charge on any atom is -0.493 e. The Hall–Kier alpha value is -4.74. The number of rotatable bonds is 10. The number of ether oxygens (including phenoxy) is 4. The molecule has 2 heterocycles. The van der Waals surface area contributed by atoms with Crippen molar-refractivity contribution < 1.29 is 28.5 Å². The predicted octanol–water partition coefficient (Wildman–Crippen LogP) is 8.76. The van der Waals surface area contributed by atoms with Crippen LogP contribution in [0.25, 0.3) is 12.2 Å². The standard InChI is InChI=1S/C41H45NO6/c1-27-19-29-11-6-7-12-31-22-39(37(45-3)24-34(31)36(43)16-15-30(29)20-27)47-17-8-5-9-18-48-40-23-32-13-10-14-33-21-28(2)26-42(33)41(44)35(32)25-38(40)46-4/h6-7,11-14,20,22-26,29-30,33H,5,8-9,15-19,21H2,1-4H3/b11-6+,12-7+/t10?,29-,30?,33-/m1/s1. The van der Waals surface area contributed by atoms with E-state index in [1.165, 1.54) is 11.1 Å². The van der Waals surface area contributed by atoms with Crippen LogP contribution in [0.1, 0.15) is 90.6 Å². The highest BCUT2D eigenvalue weighted by atomic mass is 16.5. The van der Waals surface area contributed by atoms with Crippen LogP contribution in [0, 0.1) is 11.8 Å². The normalized spacial score (nSPS) is 22.6. The number of amides is 1. The van der Waals surface area contributed by atoms with Gasteiger partial charge in [0.05, 0.1) is 39.0 Å². The highest BCUT2D eigenvalue weighted by molar-refractivity contribution is 6.01. The average molecular weight is 648 g/mol. The van der Waals surface area contributed by atoms with E-state index in [0.29, 0.717) is 65.6 Å². The molecule has 2 aliphatic heterocycles. The van der Waals surface area contributed by atoms with Crippen molar-refractivity contribution in [3.63, 3.8) is 0 Å². The summed E-state index contributed by atoms with van der Waals surface area (Å²) >= 11 is 0. The van der Waals surface area contributed by atoms with Gasteiger partial charge in [-0.1, -0.05) is 41.5 Å². The van der Waals surface area contributed by atoms with Gasteiger partial charge in [-0.3, -0.25) is 9.59 Å². The summed E-state index contributed by atoms with van der Waals surface area (Å²) in [5, 5.41) is 0. The maximum Gasteiger partial charge on any atom is 0.259 e. The number of fused-ring (bicyclic) bond motifs is 4. The smallest absolute Gasteiger partial charge is 0.259 e. The SMILES string of the molecule is COc1cc2c(cc1OCCCCCOc1cc3c(cc1OC)C(=O)CCC1C=C(C)C[C@H]1/C=C/C=C/3)C=C=C[C@@H]1CC(C)=CN1C2=O. The number of carbonyl (C=O) groups is 2. The number of hydrogen-bond acceptors (Lipinski definition) is 6. The van der Waals surface area contributed by atoms with Crippen molar-refractivity contribution in [2.75, 3.05) is 27.4 Å². The van der Waals surface area contributed by atoms with Gasteiger partial charge < -0.3 is 23.8 Å². The summed E-state index contributed by atoms with van der Waals surface area (Å²) in [5.74, 6) is 3.27. The van der Waals surface area contributed by atoms with Crippen molar-refractivity contribution in [3.05, 3.63) is 100.0 Å². The van der Waals surface area contributed by atoms with E-state index in [1.54, 1.807) is 25.2 Å². The quantitative estimate of drug-likeness (QED) is 0.146. The molecule has 250 valence electrons. The molecular formula is C41H45NO6. The van der Waals surface area contributed by atoms with Crippen LogP contribution in [-0.4, -0.2) is 50.1 Å². The van der Waals surface area contributed by atoms with Crippen LogP contribution in [0.3, 0.4) is 0 Å². The minimum absolute atomic E-state index is 0.00477. The van der Waals surface area contributed by atoms with Gasteiger partial charge in [0.2, 0.25) is 0 Å². The van der Waals surface area contributed by atoms with Crippen LogP contribution in [0.4, 0.5) is 0 Å². The molecule has 7 nitrogen and oxygen atoms in total. The number of unbranched alkanes of at least 4 members (excludes halogenated alkanes) is 2. The Morgan fingerprint density at radius 2 is 1.50 bits per heavy atom. The number of allylic oxidation sites excluding steroid dienone is 5. The molecule has 7 heteroatoms. The van der Waals surface area contributed by atoms with E-state index in [-0.39, 0.29) is 17.7 Å². The molecule has 3 atom stereocenters. The van der Waals surface area contributed by atoms with Gasteiger partial charge in [0, 0.05) is 18.2 Å². The molecule has 0 fully saturated rings. The molecule has 1 amide bonds. The minimum atomic E-state index is -0.0528. The first-order valence-electron chi connectivity index (χ1n) is 17.0. The molecule has 4 aliphatic rings. The molecule has 0 bridgehead atoms. The maximum atomic E-state index is 13.4. The Bertz CT molecular complexity index is 1750. The number of Topliss-reactive ketones (excluding diaryl/α,β-unsaturated/α-hetero) is 1. The monoisotopic (exact) mass is 647 g/mol. The van der Waals surface area contributed by atoms with Crippen LogP contribution in [0.15, 0.2) is 77.7 Å². The summed E-state index contributed by atoms with van der Waals surface area (Å²) in [5.41, 5.74) is 8.67. The molecule has 0 N–H and O–H groups in total. The fourth-order valence-corrected chi connectivity index (χ4v) is 7.06. The lowest BCUT2D eigenvalue weighted by atomic mass is 9.89. The summed E-state index contributed by atoms with van der Waals surface area (Å²) in [6.07, 6.45) is 22.2. The van der Waals surface area contributed by atoms with Crippen LogP contribution in [-0.2, 0) is 0 Å². The summed E-state index contributed by atoms with van der Waals surface area (Å²) < 4.78 is 23.6. The second kappa shape index (κ2) is 15.0. The van der Waals surface area contributed by atoms with Gasteiger partial charge in [0.15, 0.2) is 28.8 Å². The topological polar surface area (TPSA) is 74.3 Å². The predicted molar refractivity (Wildman–Crippen MR) is 189 cm³/mol. The van der Waals surface area contributed by atoms with Crippen LogP contribution in [0.2, 0.25) is 0 Å². The number of nitrogens with zero attached hydrogens (tertiary/aromatic N) is 1. The lowest BCUT2D eigenvalue weighted by molar-refractivity contribution is 0.0805. The van der Waals surface area contributed by atoms with Crippen molar-refractivity contribution in [3.8, 4) is 23.0 Å². The Labute approximate surface area is 283 Å². The first kappa shape index (κ1) is 33.2. The van der Waals surface area contributed by atoms with Crippen molar-refractivity contribution in [2.45, 2.75) is 64.8 Å². The van der Waals surface area contributed by atoms with Crippen molar-refractivity contribution in [2.24, 2.45) is 11.8 Å². The third-order valence-electron chi connectivity index (χ3n) is 9.57. The summed E-state index contributed by atoms with van der Waals surface area (Å²) in [4.78, 5) is 28.5. The molecule has 1 unspecified atom stereocenters. The van der Waals surface area contributed by atoms with Gasteiger partial charge in [-0.2, -0.15) is 0 Å². The third kappa shape index (κ3) is 7.37. The van der Waals surface area contributed by atoms with E-state index in [2.05, 4.69) is 30.9 Å². The molecule has 2 aromatic carbocycles. The fraction of sp³-hybridized carbons (Fsp3) is 0.390. The van der Waals surface area contributed by atoms with Gasteiger partial charge in [0.25, 0.3) is 5.91 Å². The molecule has 6 rings (SSSR count). The van der Waals surface area contributed by atoms with E-state index in [9.17, 15) is 9.59 Å². The first-order chi connectivity index (χ1) is 23.3. The summed E-state index contributed by atoms with van der Waals surface area (Å²) in [6, 6.07) is 7.38. The van der Waals surface area contributed by atoms with Crippen LogP contribution >= 0.6 is 0 Å². The maximum absolute atomic E-state index is 13.4. The zero-order valence-corrected chi connectivity index (χ0v) is 28.4. The first-order valence-corrected chi connectivity index (χ1v) is 17.0. The summed E-state index contributed by atoms with van der Waals surface area (Å²) in [7, 11) is 3.20. The Morgan fingerprint density at radius 3 is 2.23 bits per heavy atom. The van der Waals surface area contributed by atoms with Gasteiger partial charge >= 0.3 is 0 Å². The zero-order valence-electron chi connectivity index (χ0n) is 28.4. The highest BCUT2D eigenvalue weighted by Gasteiger charge is 2.30. The van der Waals surface area contributed by atoms with Gasteiger partial charge in [-0.25, -0.2) is 0 Å². The molecule has 2 aromatic rings. The number of hydrogen-bond donors (Lipinski definition) is 0. The van der Waals surface area contributed by atoms with Crippen molar-refractivity contribution in [1.29, 1.82) is 0 Å². The number of benzene rings is 2. The number of methoxy groups -OCH3 is 2. The van der Waals surface area contributed by atoms with E-state index in [1.807, 2.05) is 55.6 Å². The second-order valence-electron chi connectivity index (χ2n) is 13.1. The average Bonchev–Trinajstić information content (AvgIpc) is 3.63. The van der Waals surface area contributed by atoms with E-state index < -0.39 is 0 Å². The fourth-order valence-electron chi connectivity index (χ4n) is 7.06. The molecule has 0 saturated carbocycles. The van der Waals surface area contributed by atoms with Gasteiger partial charge in [0.1, 0.15) is 0 Å². The molecule has 2 aliphatic carbocycles. The lowest BCUT2D eigenvalue weighted by Gasteiger charge is -2.23. The molecule has 0 spiro atoms. The lowest BCUT2D eigenvalue weighted by Crippen LogP contribution is -2.32. The van der Waals surface area contributed by atoms with Crippen molar-refractivity contribution >= 4 is 23.8 Å². The van der Waals surface area contributed by atoms with Crippen LogP contribution < -0.4 is 18.9 Å². The highest BCUT2D eigenvalue weighted by Crippen LogP contribution is 2.38. The molecule has 0 aromatic heterocycles. The largest absolute Gasteiger partial charge is 0.493 e. The number of carbonyl (C=O) groups excluding carboxylic acids is 2. The molecule has 0 saturated heterocycles. The van der Waals surface area contributed by atoms with E-state index in [4.69, 9.17) is 18.9 Å². The molecule has 0 radical (unpaired) electrons. The second-order valence-corrected chi connectivity index (χ2v) is 13.1. The summed E-state index contributed by atoms with van der Waals surface area (Å²) in [6.45, 7) is 5.22. The van der Waals surface area contributed by atoms with Gasteiger partial charge in [-0.15, -0.1) is 5.73 Å². The molecular weight excluding hydrogens is 602 g/mol. The van der Waals surface area contributed by atoms with Crippen LogP contribution in [0.5, 0.6) is 23.0 Å².